The van der Waals surface area contributed by atoms with Crippen LogP contribution in [0.3, 0.4) is 0 Å². The van der Waals surface area contributed by atoms with Gasteiger partial charge in [-0.3, -0.25) is 0 Å². The standard InChI is InChI=1S/C16H19NO4/c1-10-6-7-11(2)17(10)13-9-15(20-4)14(19-3)8-12(13)16(18)21-5/h6-9H,1-5H3. The van der Waals surface area contributed by atoms with Crippen molar-refractivity contribution < 1.29 is 19.0 Å². The van der Waals surface area contributed by atoms with E-state index >= 15 is 0 Å². The number of nitrogens with zero attached hydrogens (tertiary/aromatic N) is 1. The quantitative estimate of drug-likeness (QED) is 0.812. The number of carbonyl (C=O) groups is 1. The summed E-state index contributed by atoms with van der Waals surface area (Å²) in [5.41, 5.74) is 3.17. The number of esters is 1. The Kier molecular flexibility index (Phi) is 4.21. The van der Waals surface area contributed by atoms with Crippen LogP contribution in [0.5, 0.6) is 11.5 Å². The van der Waals surface area contributed by atoms with Crippen LogP contribution < -0.4 is 9.47 Å². The Bertz CT molecular complexity index is 654. The molecular formula is C16H19NO4. The Balaban J connectivity index is 2.76. The van der Waals surface area contributed by atoms with Crippen molar-refractivity contribution in [2.24, 2.45) is 0 Å². The molecule has 2 aromatic rings. The number of methoxy groups -OCH3 is 3. The summed E-state index contributed by atoms with van der Waals surface area (Å²) in [6, 6.07) is 7.41. The second kappa shape index (κ2) is 5.91. The second-order valence-electron chi connectivity index (χ2n) is 4.67. The van der Waals surface area contributed by atoms with Gasteiger partial charge < -0.3 is 18.8 Å². The van der Waals surface area contributed by atoms with E-state index in [2.05, 4.69) is 0 Å². The molecule has 5 heteroatoms. The summed E-state index contributed by atoms with van der Waals surface area (Å²) in [6.07, 6.45) is 0. The van der Waals surface area contributed by atoms with Crippen LogP contribution in [0.15, 0.2) is 24.3 Å². The number of aryl methyl sites for hydroxylation is 2. The van der Waals surface area contributed by atoms with E-state index in [-0.39, 0.29) is 0 Å². The summed E-state index contributed by atoms with van der Waals surface area (Å²) in [5, 5.41) is 0. The van der Waals surface area contributed by atoms with Crippen LogP contribution in [0.1, 0.15) is 21.7 Å². The lowest BCUT2D eigenvalue weighted by atomic mass is 10.1. The smallest absolute Gasteiger partial charge is 0.340 e. The Hall–Kier alpha value is -2.43. The van der Waals surface area contributed by atoms with Crippen LogP contribution in [0.25, 0.3) is 5.69 Å². The predicted molar refractivity (Wildman–Crippen MR) is 79.7 cm³/mol. The molecule has 0 spiro atoms. The van der Waals surface area contributed by atoms with Gasteiger partial charge in [0.15, 0.2) is 11.5 Å². The summed E-state index contributed by atoms with van der Waals surface area (Å²) in [7, 11) is 4.46. The van der Waals surface area contributed by atoms with Gasteiger partial charge in [0.25, 0.3) is 0 Å². The van der Waals surface area contributed by atoms with Gasteiger partial charge in [-0.25, -0.2) is 4.79 Å². The zero-order valence-electron chi connectivity index (χ0n) is 12.9. The van der Waals surface area contributed by atoms with Gasteiger partial charge in [0, 0.05) is 23.5 Å². The number of hydrogen-bond donors (Lipinski definition) is 0. The monoisotopic (exact) mass is 289 g/mol. The molecule has 112 valence electrons. The van der Waals surface area contributed by atoms with Gasteiger partial charge in [-0.2, -0.15) is 0 Å². The van der Waals surface area contributed by atoms with E-state index in [9.17, 15) is 4.79 Å². The van der Waals surface area contributed by atoms with E-state index in [0.29, 0.717) is 22.7 Å². The molecule has 2 rings (SSSR count). The third kappa shape index (κ3) is 2.59. The van der Waals surface area contributed by atoms with E-state index in [0.717, 1.165) is 11.4 Å². The first-order valence-electron chi connectivity index (χ1n) is 6.53. The molecule has 0 aliphatic rings. The molecule has 0 saturated heterocycles. The minimum atomic E-state index is -0.418. The Morgan fingerprint density at radius 3 is 1.95 bits per heavy atom. The lowest BCUT2D eigenvalue weighted by Crippen LogP contribution is -2.10. The van der Waals surface area contributed by atoms with Gasteiger partial charge in [0.2, 0.25) is 0 Å². The van der Waals surface area contributed by atoms with Crippen molar-refractivity contribution in [3.05, 3.63) is 41.2 Å². The zero-order chi connectivity index (χ0) is 15.6. The van der Waals surface area contributed by atoms with Gasteiger partial charge in [0.1, 0.15) is 0 Å². The first kappa shape index (κ1) is 15.0. The molecule has 0 fully saturated rings. The fraction of sp³-hybridized carbons (Fsp3) is 0.312. The average Bonchev–Trinajstić information content (AvgIpc) is 2.84. The topological polar surface area (TPSA) is 49.7 Å². The molecule has 1 heterocycles. The molecule has 0 aliphatic carbocycles. The van der Waals surface area contributed by atoms with Crippen LogP contribution >= 0.6 is 0 Å². The number of hydrogen-bond acceptors (Lipinski definition) is 4. The van der Waals surface area contributed by atoms with Crippen molar-refractivity contribution in [3.8, 4) is 17.2 Å². The molecule has 0 unspecified atom stereocenters. The third-order valence-electron chi connectivity index (χ3n) is 3.42. The van der Waals surface area contributed by atoms with E-state index in [4.69, 9.17) is 14.2 Å². The van der Waals surface area contributed by atoms with E-state index in [1.165, 1.54) is 14.2 Å². The Morgan fingerprint density at radius 2 is 1.48 bits per heavy atom. The SMILES string of the molecule is COC(=O)c1cc(OC)c(OC)cc1-n1c(C)ccc1C. The second-order valence-corrected chi connectivity index (χ2v) is 4.67. The van der Waals surface area contributed by atoms with Crippen LogP contribution in [-0.4, -0.2) is 31.9 Å². The first-order chi connectivity index (χ1) is 10.0. The number of aromatic nitrogens is 1. The summed E-state index contributed by atoms with van der Waals surface area (Å²) in [6.45, 7) is 3.95. The lowest BCUT2D eigenvalue weighted by Gasteiger charge is -2.17. The molecule has 0 atom stereocenters. The lowest BCUT2D eigenvalue weighted by molar-refractivity contribution is 0.0600. The van der Waals surface area contributed by atoms with Gasteiger partial charge >= 0.3 is 5.97 Å². The fourth-order valence-corrected chi connectivity index (χ4v) is 2.38. The highest BCUT2D eigenvalue weighted by atomic mass is 16.5. The average molecular weight is 289 g/mol. The zero-order valence-corrected chi connectivity index (χ0v) is 12.9. The molecule has 0 saturated carbocycles. The van der Waals surface area contributed by atoms with E-state index in [1.807, 2.05) is 30.5 Å². The van der Waals surface area contributed by atoms with Gasteiger partial charge in [-0.05, 0) is 26.0 Å². The highest BCUT2D eigenvalue weighted by molar-refractivity contribution is 5.94. The molecule has 21 heavy (non-hydrogen) atoms. The summed E-state index contributed by atoms with van der Waals surface area (Å²) in [4.78, 5) is 12.1. The van der Waals surface area contributed by atoms with Crippen molar-refractivity contribution in [3.63, 3.8) is 0 Å². The number of carbonyl (C=O) groups excluding carboxylic acids is 1. The molecule has 0 amide bonds. The highest BCUT2D eigenvalue weighted by Gasteiger charge is 2.20. The number of benzene rings is 1. The van der Waals surface area contributed by atoms with Crippen LogP contribution in [0.2, 0.25) is 0 Å². The largest absolute Gasteiger partial charge is 0.493 e. The van der Waals surface area contributed by atoms with Crippen molar-refractivity contribution in [2.75, 3.05) is 21.3 Å². The Morgan fingerprint density at radius 1 is 0.952 bits per heavy atom. The Labute approximate surface area is 124 Å². The van der Waals surface area contributed by atoms with Gasteiger partial charge in [-0.1, -0.05) is 0 Å². The predicted octanol–water partition coefficient (Wildman–Crippen LogP) is 2.90. The van der Waals surface area contributed by atoms with Crippen LogP contribution in [0.4, 0.5) is 0 Å². The molecule has 5 nitrogen and oxygen atoms in total. The molecule has 0 radical (unpaired) electrons. The molecule has 0 bridgehead atoms. The molecule has 1 aromatic heterocycles. The molecule has 1 aromatic carbocycles. The van der Waals surface area contributed by atoms with E-state index < -0.39 is 5.97 Å². The van der Waals surface area contributed by atoms with Crippen LogP contribution in [-0.2, 0) is 4.74 Å². The van der Waals surface area contributed by atoms with Gasteiger partial charge in [0.05, 0.1) is 32.6 Å². The van der Waals surface area contributed by atoms with Crippen molar-refractivity contribution in [1.82, 2.24) is 4.57 Å². The highest BCUT2D eigenvalue weighted by Crippen LogP contribution is 2.34. The third-order valence-corrected chi connectivity index (χ3v) is 3.42. The maximum Gasteiger partial charge on any atom is 0.340 e. The maximum absolute atomic E-state index is 12.1. The summed E-state index contributed by atoms with van der Waals surface area (Å²) in [5.74, 6) is 0.634. The fourth-order valence-electron chi connectivity index (χ4n) is 2.38. The summed E-state index contributed by atoms with van der Waals surface area (Å²) < 4.78 is 17.5. The first-order valence-corrected chi connectivity index (χ1v) is 6.53. The van der Waals surface area contributed by atoms with Crippen molar-refractivity contribution in [1.29, 1.82) is 0 Å². The number of rotatable bonds is 4. The minimum absolute atomic E-state index is 0.418. The van der Waals surface area contributed by atoms with Crippen molar-refractivity contribution >= 4 is 5.97 Å². The van der Waals surface area contributed by atoms with Crippen LogP contribution in [0, 0.1) is 13.8 Å². The molecule has 0 N–H and O–H groups in total. The van der Waals surface area contributed by atoms with E-state index in [1.54, 1.807) is 19.2 Å². The maximum atomic E-state index is 12.1. The number of ether oxygens (including phenoxy) is 3. The summed E-state index contributed by atoms with van der Waals surface area (Å²) >= 11 is 0. The minimum Gasteiger partial charge on any atom is -0.493 e. The van der Waals surface area contributed by atoms with Crippen molar-refractivity contribution in [2.45, 2.75) is 13.8 Å². The molecule has 0 aliphatic heterocycles. The normalized spacial score (nSPS) is 10.3. The molecular weight excluding hydrogens is 270 g/mol. The van der Waals surface area contributed by atoms with Gasteiger partial charge in [-0.15, -0.1) is 0 Å².